The molecular weight excluding hydrogens is 632 g/mol. The quantitative estimate of drug-likeness (QED) is 0.276. The Bertz CT molecular complexity index is 1520. The Morgan fingerprint density at radius 1 is 1.23 bits per heavy atom. The fourth-order valence-corrected chi connectivity index (χ4v) is 6.21. The molecule has 1 fully saturated rings. The summed E-state index contributed by atoms with van der Waals surface area (Å²) in [4.78, 5) is 54.7. The van der Waals surface area contributed by atoms with E-state index in [9.17, 15) is 24.4 Å². The first kappa shape index (κ1) is 29.4. The van der Waals surface area contributed by atoms with Crippen molar-refractivity contribution in [1.29, 1.82) is 5.26 Å². The predicted octanol–water partition coefficient (Wildman–Crippen LogP) is 2.21. The number of rotatable bonds is 8. The Labute approximate surface area is 243 Å². The maximum absolute atomic E-state index is 12.3. The Morgan fingerprint density at radius 2 is 1.95 bits per heavy atom. The lowest BCUT2D eigenvalue weighted by atomic mass is 9.96. The van der Waals surface area contributed by atoms with Crippen molar-refractivity contribution in [2.75, 3.05) is 6.61 Å². The van der Waals surface area contributed by atoms with Gasteiger partial charge in [-0.3, -0.25) is 19.2 Å². The molecule has 17 heteroatoms. The smallest absolute Gasteiger partial charge is 0.304 e. The van der Waals surface area contributed by atoms with Crippen LogP contribution < -0.4 is 4.87 Å². The molecule has 40 heavy (non-hydrogen) atoms. The second-order valence-electron chi connectivity index (χ2n) is 8.36. The van der Waals surface area contributed by atoms with E-state index in [1.807, 2.05) is 6.07 Å². The van der Waals surface area contributed by atoms with Crippen LogP contribution in [0.5, 0.6) is 0 Å². The molecule has 1 aliphatic heterocycles. The molecule has 0 aromatic carbocycles. The second kappa shape index (κ2) is 12.7. The molecule has 0 spiro atoms. The van der Waals surface area contributed by atoms with Gasteiger partial charge in [-0.15, -0.1) is 5.10 Å². The molecule has 0 amide bonds. The molecule has 210 valence electrons. The third-order valence-electron chi connectivity index (χ3n) is 5.45. The van der Waals surface area contributed by atoms with E-state index in [1.54, 1.807) is 11.4 Å². The molecule has 0 radical (unpaired) electrons. The van der Waals surface area contributed by atoms with Gasteiger partial charge < -0.3 is 23.9 Å². The number of nitrogens with zero attached hydrogens (tertiary/aromatic N) is 5. The summed E-state index contributed by atoms with van der Waals surface area (Å²) in [6.07, 6.45) is -0.399. The lowest BCUT2D eigenvalue weighted by Crippen LogP contribution is -2.57. The first-order chi connectivity index (χ1) is 19.0. The highest BCUT2D eigenvalue weighted by Gasteiger charge is 2.52. The second-order valence-corrected chi connectivity index (χ2v) is 11.3. The van der Waals surface area contributed by atoms with Gasteiger partial charge in [0.25, 0.3) is 0 Å². The van der Waals surface area contributed by atoms with Crippen molar-refractivity contribution in [2.45, 2.75) is 55.5 Å². The number of aromatic nitrogens is 5. The highest BCUT2D eigenvalue weighted by molar-refractivity contribution is 9.10. The van der Waals surface area contributed by atoms with Crippen LogP contribution in [0, 0.1) is 11.3 Å². The van der Waals surface area contributed by atoms with Crippen LogP contribution in [-0.4, -0.2) is 73.2 Å². The van der Waals surface area contributed by atoms with Crippen LogP contribution in [0.2, 0.25) is 0 Å². The minimum atomic E-state index is -1.16. The van der Waals surface area contributed by atoms with Gasteiger partial charge >= 0.3 is 22.8 Å². The highest BCUT2D eigenvalue weighted by atomic mass is 79.9. The molecule has 3 aromatic heterocycles. The molecule has 1 aliphatic rings. The molecule has 4 heterocycles. The summed E-state index contributed by atoms with van der Waals surface area (Å²) in [6, 6.07) is 2.63. The average Bonchev–Trinajstić information content (AvgIpc) is 3.53. The van der Waals surface area contributed by atoms with E-state index >= 15 is 0 Å². The summed E-state index contributed by atoms with van der Waals surface area (Å²) in [5.74, 6) is -1.94. The number of aromatic amines is 1. The largest absolute Gasteiger partial charge is 0.463 e. The highest BCUT2D eigenvalue weighted by Crippen LogP contribution is 2.42. The number of H-pyrrole nitrogens is 1. The lowest BCUT2D eigenvalue weighted by Gasteiger charge is -2.44. The van der Waals surface area contributed by atoms with Gasteiger partial charge in [-0.2, -0.15) is 5.26 Å². The predicted molar refractivity (Wildman–Crippen MR) is 142 cm³/mol. The number of hydrogen-bond donors (Lipinski definition) is 1. The van der Waals surface area contributed by atoms with Crippen molar-refractivity contribution in [3.63, 3.8) is 0 Å². The van der Waals surface area contributed by atoms with Gasteiger partial charge in [-0.1, -0.05) is 28.3 Å². The first-order valence-corrected chi connectivity index (χ1v) is 14.1. The zero-order chi connectivity index (χ0) is 29.0. The molecule has 14 nitrogen and oxygen atoms in total. The van der Waals surface area contributed by atoms with Gasteiger partial charge in [0.2, 0.25) is 0 Å². The van der Waals surface area contributed by atoms with Crippen LogP contribution in [0.15, 0.2) is 38.0 Å². The van der Waals surface area contributed by atoms with Crippen molar-refractivity contribution in [3.8, 4) is 17.5 Å². The number of ether oxygens (including phenoxy) is 4. The SMILES string of the molecule is CC(=O)OC[C@H]1O[C@H](Sc2cc(Br)cnc2C#N)[C@H](OC(C)=O)[C@@H](n2cc(-c3csc(=O)[nH]3)nn2)[C@H]1OC(C)=O. The molecule has 0 aliphatic carbocycles. The van der Waals surface area contributed by atoms with Crippen molar-refractivity contribution in [2.24, 2.45) is 0 Å². The minimum Gasteiger partial charge on any atom is -0.463 e. The Morgan fingerprint density at radius 3 is 2.58 bits per heavy atom. The molecule has 1 saturated heterocycles. The lowest BCUT2D eigenvalue weighted by molar-refractivity contribution is -0.212. The molecule has 3 aromatic rings. The van der Waals surface area contributed by atoms with E-state index in [0.29, 0.717) is 20.8 Å². The number of carbonyl (C=O) groups is 3. The van der Waals surface area contributed by atoms with Crippen LogP contribution in [-0.2, 0) is 33.3 Å². The van der Waals surface area contributed by atoms with Gasteiger partial charge in [0.15, 0.2) is 17.9 Å². The van der Waals surface area contributed by atoms with E-state index in [1.165, 1.54) is 37.8 Å². The van der Waals surface area contributed by atoms with Crippen LogP contribution in [0.1, 0.15) is 32.5 Å². The van der Waals surface area contributed by atoms with E-state index in [4.69, 9.17) is 18.9 Å². The Hall–Kier alpha value is -3.59. The molecule has 5 atom stereocenters. The van der Waals surface area contributed by atoms with Crippen LogP contribution >= 0.6 is 39.0 Å². The summed E-state index contributed by atoms with van der Waals surface area (Å²) < 4.78 is 24.7. The molecule has 1 N–H and O–H groups in total. The number of halogens is 1. The molecule has 0 bridgehead atoms. The number of thiazole rings is 1. The van der Waals surface area contributed by atoms with Gasteiger partial charge in [-0.05, 0) is 22.0 Å². The summed E-state index contributed by atoms with van der Waals surface area (Å²) >= 11 is 5.32. The van der Waals surface area contributed by atoms with E-state index < -0.39 is 47.7 Å². The van der Waals surface area contributed by atoms with Crippen LogP contribution in [0.4, 0.5) is 0 Å². The summed E-state index contributed by atoms with van der Waals surface area (Å²) in [6.45, 7) is 3.30. The number of carbonyl (C=O) groups excluding carboxylic acids is 3. The van der Waals surface area contributed by atoms with E-state index in [2.05, 4.69) is 36.2 Å². The Balaban J connectivity index is 1.83. The summed E-state index contributed by atoms with van der Waals surface area (Å²) in [5, 5.41) is 19.5. The average molecular weight is 653 g/mol. The number of hydrogen-bond acceptors (Lipinski definition) is 14. The van der Waals surface area contributed by atoms with E-state index in [0.717, 1.165) is 23.1 Å². The maximum atomic E-state index is 12.3. The van der Waals surface area contributed by atoms with Gasteiger partial charge in [-0.25, -0.2) is 9.67 Å². The van der Waals surface area contributed by atoms with E-state index in [-0.39, 0.29) is 17.2 Å². The standard InChI is InChI=1S/C23H21BrN6O8S2/c1-10(31)35-8-17-20(36-11(2)32)19(30-7-15(28-29-30)16-9-39-23(34)27-16)21(37-12(3)33)22(38-17)40-18-4-13(24)6-26-14(18)5-25/h4,6-7,9,17,19-22H,8H2,1-3H3,(H,27,34)/t17-,19+,20+,21-,22-/m1/s1. The van der Waals surface area contributed by atoms with Gasteiger partial charge in [0.1, 0.15) is 36.0 Å². The number of pyridine rings is 1. The Kier molecular flexibility index (Phi) is 9.35. The third-order valence-corrected chi connectivity index (χ3v) is 7.73. The molecule has 0 saturated carbocycles. The van der Waals surface area contributed by atoms with Gasteiger partial charge in [0.05, 0.1) is 11.9 Å². The van der Waals surface area contributed by atoms with Crippen molar-refractivity contribution in [1.82, 2.24) is 25.0 Å². The van der Waals surface area contributed by atoms with Crippen molar-refractivity contribution in [3.05, 3.63) is 43.7 Å². The maximum Gasteiger partial charge on any atom is 0.304 e. The molecule has 4 rings (SSSR count). The monoisotopic (exact) mass is 652 g/mol. The zero-order valence-corrected chi connectivity index (χ0v) is 24.3. The topological polar surface area (TPSA) is 188 Å². The molecule has 0 unspecified atom stereocenters. The fraction of sp³-hybridized carbons (Fsp3) is 0.391. The number of thioether (sulfide) groups is 1. The van der Waals surface area contributed by atoms with Crippen LogP contribution in [0.25, 0.3) is 11.4 Å². The molecular formula is C23H21BrN6O8S2. The minimum absolute atomic E-state index is 0.0954. The third kappa shape index (κ3) is 6.94. The first-order valence-electron chi connectivity index (χ1n) is 11.5. The summed E-state index contributed by atoms with van der Waals surface area (Å²) in [5.41, 5.74) is -0.213. The number of nitriles is 1. The zero-order valence-electron chi connectivity index (χ0n) is 21.1. The summed E-state index contributed by atoms with van der Waals surface area (Å²) in [7, 11) is 0. The van der Waals surface area contributed by atoms with Gasteiger partial charge in [0, 0.05) is 41.7 Å². The fourth-order valence-electron chi connectivity index (χ4n) is 3.95. The van der Waals surface area contributed by atoms with Crippen molar-refractivity contribution < 1.29 is 33.3 Å². The number of nitrogens with one attached hydrogen (secondary N) is 1. The normalized spacial score (nSPS) is 22.2. The number of esters is 3. The van der Waals surface area contributed by atoms with Crippen molar-refractivity contribution >= 4 is 56.9 Å². The van der Waals surface area contributed by atoms with Crippen LogP contribution in [0.3, 0.4) is 0 Å².